The lowest BCUT2D eigenvalue weighted by molar-refractivity contribution is -0.114. The van der Waals surface area contributed by atoms with Crippen molar-refractivity contribution in [3.05, 3.63) is 46.5 Å². The summed E-state index contributed by atoms with van der Waals surface area (Å²) in [6.45, 7) is 19.1. The van der Waals surface area contributed by atoms with Gasteiger partial charge in [-0.2, -0.15) is 10.1 Å². The Kier molecular flexibility index (Phi) is 12.5. The molecule has 0 aliphatic carbocycles. The molecule has 2 heterocycles. The summed E-state index contributed by atoms with van der Waals surface area (Å²) < 4.78 is 0. The number of ketones is 1. The zero-order chi connectivity index (χ0) is 30.9. The molecule has 1 aromatic carbocycles. The van der Waals surface area contributed by atoms with Crippen LogP contribution in [-0.2, 0) is 15.0 Å². The number of anilines is 2. The maximum Gasteiger partial charge on any atom is 0.281 e. The topological polar surface area (TPSA) is 65.9 Å². The Labute approximate surface area is 258 Å². The molecule has 230 valence electrons. The van der Waals surface area contributed by atoms with Crippen molar-refractivity contribution in [2.24, 2.45) is 16.9 Å². The lowest BCUT2D eigenvalue weighted by Crippen LogP contribution is -2.34. The van der Waals surface area contributed by atoms with E-state index in [-0.39, 0.29) is 22.8 Å². The fourth-order valence-electron chi connectivity index (χ4n) is 5.46. The van der Waals surface area contributed by atoms with Crippen molar-refractivity contribution in [2.45, 2.75) is 112 Å². The molecule has 0 saturated carbocycles. The number of thiazole rings is 1. The molecule has 1 aliphatic heterocycles. The van der Waals surface area contributed by atoms with E-state index in [9.17, 15) is 9.59 Å². The van der Waals surface area contributed by atoms with E-state index >= 15 is 0 Å². The first-order chi connectivity index (χ1) is 20.0. The molecule has 0 bridgehead atoms. The Balaban J connectivity index is 2.08. The van der Waals surface area contributed by atoms with Crippen LogP contribution in [0.25, 0.3) is 6.08 Å². The van der Waals surface area contributed by atoms with Gasteiger partial charge in [-0.25, -0.2) is 4.98 Å². The van der Waals surface area contributed by atoms with Crippen molar-refractivity contribution in [3.8, 4) is 0 Å². The highest BCUT2D eigenvalue weighted by Gasteiger charge is 2.35. The van der Waals surface area contributed by atoms with Crippen molar-refractivity contribution in [2.75, 3.05) is 23.0 Å². The lowest BCUT2D eigenvalue weighted by atomic mass is 9.90. The van der Waals surface area contributed by atoms with Gasteiger partial charge in [0.1, 0.15) is 5.71 Å². The zero-order valence-electron chi connectivity index (χ0n) is 27.2. The molecule has 0 saturated heterocycles. The van der Waals surface area contributed by atoms with Crippen molar-refractivity contribution in [1.29, 1.82) is 0 Å². The number of para-hydroxylation sites is 1. The van der Waals surface area contributed by atoms with Gasteiger partial charge in [0.2, 0.25) is 0 Å². The molecule has 42 heavy (non-hydrogen) atoms. The minimum Gasteiger partial charge on any atom is -0.348 e. The van der Waals surface area contributed by atoms with Crippen LogP contribution in [0, 0.1) is 11.8 Å². The molecular weight excluding hydrogens is 540 g/mol. The summed E-state index contributed by atoms with van der Waals surface area (Å²) in [6, 6.07) is 9.28. The van der Waals surface area contributed by atoms with E-state index < -0.39 is 0 Å². The third-order valence-electron chi connectivity index (χ3n) is 8.15. The Morgan fingerprint density at radius 3 is 2.02 bits per heavy atom. The SMILES string of the molecule is CCCCC(CC)CN(CC(CC)CCCC)c1nc(C(C)(C)C)c(/C=C2\C(=O)N(c3ccccc3)N=C2C(C)=O)s1. The van der Waals surface area contributed by atoms with Gasteiger partial charge >= 0.3 is 0 Å². The maximum absolute atomic E-state index is 13.7. The van der Waals surface area contributed by atoms with Crippen LogP contribution in [0.5, 0.6) is 0 Å². The van der Waals surface area contributed by atoms with Gasteiger partial charge in [0, 0.05) is 25.4 Å². The number of nitrogens with zero attached hydrogens (tertiary/aromatic N) is 4. The van der Waals surface area contributed by atoms with E-state index in [0.29, 0.717) is 23.1 Å². The monoisotopic (exact) mass is 592 g/mol. The molecule has 1 amide bonds. The summed E-state index contributed by atoms with van der Waals surface area (Å²) in [7, 11) is 0. The van der Waals surface area contributed by atoms with Crippen LogP contribution in [0.15, 0.2) is 41.0 Å². The van der Waals surface area contributed by atoms with E-state index in [1.54, 1.807) is 11.3 Å². The number of hydrogen-bond acceptors (Lipinski definition) is 6. The van der Waals surface area contributed by atoms with Gasteiger partial charge in [0.15, 0.2) is 10.9 Å². The summed E-state index contributed by atoms with van der Waals surface area (Å²) in [6.07, 6.45) is 11.5. The Morgan fingerprint density at radius 2 is 1.55 bits per heavy atom. The highest BCUT2D eigenvalue weighted by atomic mass is 32.1. The predicted molar refractivity (Wildman–Crippen MR) is 180 cm³/mol. The van der Waals surface area contributed by atoms with Crippen molar-refractivity contribution in [1.82, 2.24) is 4.98 Å². The van der Waals surface area contributed by atoms with Crippen LogP contribution < -0.4 is 9.91 Å². The standard InChI is InChI=1S/C35H52N4O2S/c1-9-13-18-26(11-3)23-38(24-27(12-4)19-14-10-2)34-36-32(35(6,7)8)30(42-34)22-29-31(25(5)40)37-39(33(29)41)28-20-16-15-17-21-28/h15-17,20-22,26-27H,9-14,18-19,23-24H2,1-8H3/b29-22-. The second-order valence-corrected chi connectivity index (χ2v) is 13.7. The third-order valence-corrected chi connectivity index (χ3v) is 9.22. The van der Waals surface area contributed by atoms with Gasteiger partial charge in [-0.05, 0) is 42.9 Å². The van der Waals surface area contributed by atoms with E-state index in [1.807, 2.05) is 36.4 Å². The molecule has 2 atom stereocenters. The van der Waals surface area contributed by atoms with Gasteiger partial charge in [-0.1, -0.05) is 117 Å². The smallest absolute Gasteiger partial charge is 0.281 e. The highest BCUT2D eigenvalue weighted by molar-refractivity contribution is 7.16. The average Bonchev–Trinajstić information content (AvgIpc) is 3.54. The minimum absolute atomic E-state index is 0.201. The summed E-state index contributed by atoms with van der Waals surface area (Å²) in [4.78, 5) is 35.1. The van der Waals surface area contributed by atoms with Crippen molar-refractivity contribution in [3.63, 3.8) is 0 Å². The molecular formula is C35H52N4O2S. The first-order valence-corrected chi connectivity index (χ1v) is 16.8. The van der Waals surface area contributed by atoms with Crippen LogP contribution in [0.2, 0.25) is 0 Å². The van der Waals surface area contributed by atoms with E-state index in [4.69, 9.17) is 4.98 Å². The number of hydrogen-bond donors (Lipinski definition) is 0. The van der Waals surface area contributed by atoms with E-state index in [1.165, 1.54) is 50.5 Å². The number of unbranched alkanes of at least 4 members (excludes halogenated alkanes) is 2. The highest BCUT2D eigenvalue weighted by Crippen LogP contribution is 2.38. The molecule has 0 N–H and O–H groups in total. The van der Waals surface area contributed by atoms with Crippen LogP contribution in [0.4, 0.5) is 10.8 Å². The summed E-state index contributed by atoms with van der Waals surface area (Å²) in [5.41, 5.74) is 1.90. The lowest BCUT2D eigenvalue weighted by Gasteiger charge is -2.30. The van der Waals surface area contributed by atoms with Gasteiger partial charge in [-0.3, -0.25) is 9.59 Å². The molecule has 0 fully saturated rings. The molecule has 0 spiro atoms. The molecule has 2 unspecified atom stereocenters. The fraction of sp³-hybridized carbons (Fsp3) is 0.600. The predicted octanol–water partition coefficient (Wildman–Crippen LogP) is 9.06. The fourth-order valence-corrected chi connectivity index (χ4v) is 6.70. The summed E-state index contributed by atoms with van der Waals surface area (Å²) >= 11 is 1.65. The first-order valence-electron chi connectivity index (χ1n) is 16.0. The van der Waals surface area contributed by atoms with Gasteiger partial charge in [0.25, 0.3) is 5.91 Å². The second kappa shape index (κ2) is 15.6. The number of hydrazone groups is 1. The molecule has 1 aromatic heterocycles. The first kappa shape index (κ1) is 33.7. The number of rotatable bonds is 16. The minimum atomic E-state index is -0.283. The van der Waals surface area contributed by atoms with E-state index in [2.05, 4.69) is 58.5 Å². The quantitative estimate of drug-likeness (QED) is 0.182. The molecule has 0 radical (unpaired) electrons. The molecule has 7 heteroatoms. The second-order valence-electron chi connectivity index (χ2n) is 12.7. The Bertz CT molecular complexity index is 1220. The number of amides is 1. The molecule has 1 aliphatic rings. The van der Waals surface area contributed by atoms with Crippen molar-refractivity contribution >= 4 is 45.6 Å². The van der Waals surface area contributed by atoms with Crippen LogP contribution in [0.3, 0.4) is 0 Å². The van der Waals surface area contributed by atoms with Crippen LogP contribution in [-0.4, -0.2) is 35.5 Å². The number of Topliss-reactive ketones (excluding diaryl/α,β-unsaturated/α-hetero) is 1. The number of aromatic nitrogens is 1. The third kappa shape index (κ3) is 8.62. The summed E-state index contributed by atoms with van der Waals surface area (Å²) in [5.74, 6) is 0.726. The number of carbonyl (C=O) groups excluding carboxylic acids is 2. The molecule has 2 aromatic rings. The van der Waals surface area contributed by atoms with Crippen LogP contribution >= 0.6 is 11.3 Å². The molecule has 6 nitrogen and oxygen atoms in total. The van der Waals surface area contributed by atoms with E-state index in [0.717, 1.165) is 41.6 Å². The van der Waals surface area contributed by atoms with Gasteiger partial charge in [-0.15, -0.1) is 0 Å². The Hall–Kier alpha value is -2.80. The maximum atomic E-state index is 13.7. The zero-order valence-corrected chi connectivity index (χ0v) is 28.0. The number of benzene rings is 1. The Morgan fingerprint density at radius 1 is 0.976 bits per heavy atom. The molecule has 3 rings (SSSR count). The largest absolute Gasteiger partial charge is 0.348 e. The van der Waals surface area contributed by atoms with Gasteiger partial charge in [0.05, 0.1) is 21.8 Å². The average molecular weight is 593 g/mol. The number of carbonyl (C=O) groups is 2. The van der Waals surface area contributed by atoms with Gasteiger partial charge < -0.3 is 4.90 Å². The normalized spacial score (nSPS) is 16.2. The summed E-state index contributed by atoms with van der Waals surface area (Å²) in [5, 5.41) is 6.82. The van der Waals surface area contributed by atoms with Crippen LogP contribution in [0.1, 0.15) is 117 Å². The van der Waals surface area contributed by atoms with Crippen molar-refractivity contribution < 1.29 is 9.59 Å².